The average molecular weight is 212 g/mol. The van der Waals surface area contributed by atoms with Gasteiger partial charge in [0.25, 0.3) is 0 Å². The van der Waals surface area contributed by atoms with Gasteiger partial charge < -0.3 is 9.84 Å². The number of rotatable bonds is 3. The van der Waals surface area contributed by atoms with Crippen molar-refractivity contribution in [1.82, 2.24) is 15.5 Å². The molecular formula is C8H12N4OS. The molecule has 2 heterocycles. The van der Waals surface area contributed by atoms with Gasteiger partial charge in [0.05, 0.1) is 6.54 Å². The molecule has 1 aliphatic rings. The van der Waals surface area contributed by atoms with Crippen LogP contribution in [0.5, 0.6) is 0 Å². The average Bonchev–Trinajstić information content (AvgIpc) is 2.77. The third kappa shape index (κ3) is 2.47. The molecule has 0 aliphatic carbocycles. The quantitative estimate of drug-likeness (QED) is 0.798. The molecule has 0 spiro atoms. The Morgan fingerprint density at radius 3 is 3.36 bits per heavy atom. The van der Waals surface area contributed by atoms with Crippen molar-refractivity contribution in [3.8, 4) is 0 Å². The minimum Gasteiger partial charge on any atom is -0.362 e. The maximum atomic E-state index is 4.86. The van der Waals surface area contributed by atoms with Crippen molar-refractivity contribution in [2.75, 3.05) is 12.3 Å². The van der Waals surface area contributed by atoms with Crippen LogP contribution < -0.4 is 5.32 Å². The first-order chi connectivity index (χ1) is 6.84. The highest BCUT2D eigenvalue weighted by atomic mass is 32.2. The molecule has 14 heavy (non-hydrogen) atoms. The smallest absolute Gasteiger partial charge is 0.228 e. The summed E-state index contributed by atoms with van der Waals surface area (Å²) in [5, 5.41) is 7.83. The first kappa shape index (κ1) is 9.51. The molecular weight excluding hydrogens is 200 g/mol. The van der Waals surface area contributed by atoms with E-state index in [1.54, 1.807) is 11.8 Å². The van der Waals surface area contributed by atoms with Crippen molar-refractivity contribution in [1.29, 1.82) is 0 Å². The van der Waals surface area contributed by atoms with Crippen molar-refractivity contribution >= 4 is 16.9 Å². The van der Waals surface area contributed by atoms with Crippen LogP contribution in [0.2, 0.25) is 0 Å². The Hall–Kier alpha value is -1.04. The normalized spacial score (nSPS) is 24.1. The lowest BCUT2D eigenvalue weighted by molar-refractivity contribution is 0.379. The molecule has 0 aromatic carbocycles. The number of nitrogens with zero attached hydrogens (tertiary/aromatic N) is 3. The second-order valence-electron chi connectivity index (χ2n) is 3.13. The predicted molar refractivity (Wildman–Crippen MR) is 55.4 cm³/mol. The van der Waals surface area contributed by atoms with E-state index >= 15 is 0 Å². The van der Waals surface area contributed by atoms with E-state index in [0.717, 1.165) is 10.9 Å². The lowest BCUT2D eigenvalue weighted by atomic mass is 10.4. The van der Waals surface area contributed by atoms with E-state index < -0.39 is 0 Å². The van der Waals surface area contributed by atoms with E-state index in [2.05, 4.69) is 27.4 Å². The number of hydrogen-bond donors (Lipinski definition) is 1. The largest absolute Gasteiger partial charge is 0.362 e. The summed E-state index contributed by atoms with van der Waals surface area (Å²) < 4.78 is 4.86. The van der Waals surface area contributed by atoms with Crippen molar-refractivity contribution in [2.45, 2.75) is 19.4 Å². The summed E-state index contributed by atoms with van der Waals surface area (Å²) in [4.78, 5) is 8.31. The van der Waals surface area contributed by atoms with Crippen molar-refractivity contribution in [3.05, 3.63) is 12.2 Å². The predicted octanol–water partition coefficient (Wildman–Crippen LogP) is 0.693. The minimum atomic E-state index is 0.530. The van der Waals surface area contributed by atoms with Crippen LogP contribution in [0.25, 0.3) is 0 Å². The highest BCUT2D eigenvalue weighted by molar-refractivity contribution is 8.14. The Balaban J connectivity index is 1.77. The van der Waals surface area contributed by atoms with Gasteiger partial charge >= 0.3 is 0 Å². The number of nitrogens with one attached hydrogen (secondary N) is 1. The molecule has 1 fully saturated rings. The van der Waals surface area contributed by atoms with Crippen molar-refractivity contribution in [2.24, 2.45) is 4.99 Å². The Morgan fingerprint density at radius 2 is 2.71 bits per heavy atom. The summed E-state index contributed by atoms with van der Waals surface area (Å²) in [6.45, 7) is 2.85. The molecule has 1 aromatic heterocycles. The van der Waals surface area contributed by atoms with Crippen LogP contribution in [0, 0.1) is 0 Å². The number of amidine groups is 1. The zero-order valence-electron chi connectivity index (χ0n) is 7.93. The van der Waals surface area contributed by atoms with E-state index in [1.165, 1.54) is 6.33 Å². The maximum absolute atomic E-state index is 4.86. The summed E-state index contributed by atoms with van der Waals surface area (Å²) in [5.41, 5.74) is 0. The van der Waals surface area contributed by atoms with Crippen molar-refractivity contribution in [3.63, 3.8) is 0 Å². The summed E-state index contributed by atoms with van der Waals surface area (Å²) in [5.74, 6) is 1.74. The van der Waals surface area contributed by atoms with Gasteiger partial charge in [0, 0.05) is 18.2 Å². The van der Waals surface area contributed by atoms with Gasteiger partial charge in [-0.2, -0.15) is 4.98 Å². The molecule has 0 bridgehead atoms. The highest BCUT2D eigenvalue weighted by Crippen LogP contribution is 2.12. The molecule has 0 saturated carbocycles. The molecule has 2 rings (SSSR count). The second kappa shape index (κ2) is 4.45. The molecule has 0 radical (unpaired) electrons. The van der Waals surface area contributed by atoms with Gasteiger partial charge in [-0.15, -0.1) is 0 Å². The van der Waals surface area contributed by atoms with E-state index in [9.17, 15) is 0 Å². The summed E-state index contributed by atoms with van der Waals surface area (Å²) >= 11 is 1.76. The number of aliphatic imine (C=N–C) groups is 1. The van der Waals surface area contributed by atoms with Crippen LogP contribution in [0.1, 0.15) is 12.8 Å². The number of hydrogen-bond acceptors (Lipinski definition) is 5. The van der Waals surface area contributed by atoms with E-state index in [4.69, 9.17) is 4.52 Å². The number of thioether (sulfide) groups is 1. The fourth-order valence-electron chi connectivity index (χ4n) is 1.15. The van der Waals surface area contributed by atoms with Gasteiger partial charge in [0.2, 0.25) is 5.89 Å². The van der Waals surface area contributed by atoms with Gasteiger partial charge in [-0.3, -0.25) is 4.99 Å². The van der Waals surface area contributed by atoms with E-state index in [0.29, 0.717) is 24.9 Å². The summed E-state index contributed by atoms with van der Waals surface area (Å²) in [6, 6.07) is 0.530. The highest BCUT2D eigenvalue weighted by Gasteiger charge is 2.14. The fourth-order valence-corrected chi connectivity index (χ4v) is 2.11. The zero-order chi connectivity index (χ0) is 9.80. The molecule has 76 valence electrons. The molecule has 1 unspecified atom stereocenters. The second-order valence-corrected chi connectivity index (χ2v) is 4.14. The third-order valence-corrected chi connectivity index (χ3v) is 3.02. The Bertz CT molecular complexity index is 311. The Morgan fingerprint density at radius 1 is 1.79 bits per heavy atom. The molecule has 1 aromatic rings. The standard InChI is InChI=1S/C8H12N4OS/c1-6-4-14-8(12-6)9-3-2-7-10-5-11-13-7/h5-6H,2-4H2,1H3,(H,9,12). The fraction of sp³-hybridized carbons (Fsp3) is 0.625. The van der Waals surface area contributed by atoms with Crippen LogP contribution in [0.4, 0.5) is 0 Å². The van der Waals surface area contributed by atoms with Gasteiger partial charge in [-0.25, -0.2) is 0 Å². The van der Waals surface area contributed by atoms with Crippen LogP contribution in [-0.2, 0) is 6.42 Å². The lowest BCUT2D eigenvalue weighted by Crippen LogP contribution is -2.23. The third-order valence-electron chi connectivity index (χ3n) is 1.83. The SMILES string of the molecule is CC1CSC(=NCCc2ncno2)N1. The van der Waals surface area contributed by atoms with E-state index in [1.807, 2.05) is 0 Å². The molecule has 5 nitrogen and oxygen atoms in total. The molecule has 6 heteroatoms. The summed E-state index contributed by atoms with van der Waals surface area (Å²) in [7, 11) is 0. The van der Waals surface area contributed by atoms with Crippen LogP contribution in [0.3, 0.4) is 0 Å². The molecule has 1 saturated heterocycles. The lowest BCUT2D eigenvalue weighted by Gasteiger charge is -1.99. The van der Waals surface area contributed by atoms with Gasteiger partial charge in [-0.1, -0.05) is 16.9 Å². The number of aromatic nitrogens is 2. The molecule has 1 N–H and O–H groups in total. The van der Waals surface area contributed by atoms with Gasteiger partial charge in [0.1, 0.15) is 0 Å². The van der Waals surface area contributed by atoms with Gasteiger partial charge in [-0.05, 0) is 6.92 Å². The summed E-state index contributed by atoms with van der Waals surface area (Å²) in [6.07, 6.45) is 2.12. The minimum absolute atomic E-state index is 0.530. The van der Waals surface area contributed by atoms with Crippen LogP contribution in [-0.4, -0.2) is 33.6 Å². The van der Waals surface area contributed by atoms with E-state index in [-0.39, 0.29) is 0 Å². The first-order valence-corrected chi connectivity index (χ1v) is 5.52. The van der Waals surface area contributed by atoms with Crippen LogP contribution >= 0.6 is 11.8 Å². The molecule has 1 atom stereocenters. The van der Waals surface area contributed by atoms with Crippen molar-refractivity contribution < 1.29 is 4.52 Å². The Labute approximate surface area is 86.4 Å². The molecule has 0 amide bonds. The Kier molecular flexibility index (Phi) is 3.03. The van der Waals surface area contributed by atoms with Gasteiger partial charge in [0.15, 0.2) is 11.5 Å². The first-order valence-electron chi connectivity index (χ1n) is 4.54. The monoisotopic (exact) mass is 212 g/mol. The van der Waals surface area contributed by atoms with Crippen LogP contribution in [0.15, 0.2) is 15.8 Å². The topological polar surface area (TPSA) is 63.3 Å². The molecule has 1 aliphatic heterocycles. The maximum Gasteiger partial charge on any atom is 0.228 e. The zero-order valence-corrected chi connectivity index (χ0v) is 8.75.